The van der Waals surface area contributed by atoms with Crippen molar-refractivity contribution in [1.29, 1.82) is 0 Å². The topological polar surface area (TPSA) is 93.4 Å². The number of hydrogen-bond acceptors (Lipinski definition) is 7. The summed E-state index contributed by atoms with van der Waals surface area (Å²) in [6, 6.07) is 0.165. The van der Waals surface area contributed by atoms with Gasteiger partial charge in [0.2, 0.25) is 11.8 Å². The van der Waals surface area contributed by atoms with Gasteiger partial charge in [0.1, 0.15) is 6.20 Å². The Kier molecular flexibility index (Phi) is 6.80. The van der Waals surface area contributed by atoms with Crippen molar-refractivity contribution in [3.63, 3.8) is 0 Å². The van der Waals surface area contributed by atoms with Crippen molar-refractivity contribution in [1.82, 2.24) is 9.97 Å². The van der Waals surface area contributed by atoms with Gasteiger partial charge in [-0.25, -0.2) is 4.98 Å². The number of nitrogens with one attached hydrogen (secondary N) is 1. The molecule has 1 aromatic heterocycles. The van der Waals surface area contributed by atoms with Crippen LogP contribution < -0.4 is 10.2 Å². The molecule has 1 rings (SSSR count). The molecule has 0 atom stereocenters. The van der Waals surface area contributed by atoms with Gasteiger partial charge in [-0.15, -0.1) is 0 Å². The van der Waals surface area contributed by atoms with Gasteiger partial charge in [0, 0.05) is 26.7 Å². The van der Waals surface area contributed by atoms with E-state index in [0.29, 0.717) is 24.9 Å². The van der Waals surface area contributed by atoms with E-state index in [1.54, 1.807) is 14.2 Å². The summed E-state index contributed by atoms with van der Waals surface area (Å²) in [6.45, 7) is 5.14. The molecule has 0 saturated heterocycles. The molecular formula is C13H23N5O3. The predicted octanol–water partition coefficient (Wildman–Crippen LogP) is 2.07. The van der Waals surface area contributed by atoms with E-state index in [9.17, 15) is 10.1 Å². The van der Waals surface area contributed by atoms with Gasteiger partial charge in [0.25, 0.3) is 0 Å². The maximum absolute atomic E-state index is 11.2. The van der Waals surface area contributed by atoms with E-state index >= 15 is 0 Å². The van der Waals surface area contributed by atoms with Crippen molar-refractivity contribution >= 4 is 17.5 Å². The lowest BCUT2D eigenvalue weighted by molar-refractivity contribution is -0.384. The average molecular weight is 297 g/mol. The average Bonchev–Trinajstić information content (AvgIpc) is 2.50. The first kappa shape index (κ1) is 17.1. The van der Waals surface area contributed by atoms with Crippen LogP contribution in [-0.4, -0.2) is 48.2 Å². The predicted molar refractivity (Wildman–Crippen MR) is 81.8 cm³/mol. The third-order valence-corrected chi connectivity index (χ3v) is 3.36. The van der Waals surface area contributed by atoms with Crippen molar-refractivity contribution in [3.05, 3.63) is 16.3 Å². The highest BCUT2D eigenvalue weighted by atomic mass is 16.6. The van der Waals surface area contributed by atoms with Crippen LogP contribution in [0, 0.1) is 10.1 Å². The normalized spacial score (nSPS) is 10.7. The van der Waals surface area contributed by atoms with Crippen LogP contribution in [0.15, 0.2) is 6.20 Å². The van der Waals surface area contributed by atoms with E-state index in [-0.39, 0.29) is 11.7 Å². The van der Waals surface area contributed by atoms with Crippen LogP contribution in [0.2, 0.25) is 0 Å². The Labute approximate surface area is 124 Å². The SMILES string of the molecule is CCC(CC)N(CCOC)c1nc(NC)ncc1[N+](=O)[O-]. The largest absolute Gasteiger partial charge is 0.383 e. The third kappa shape index (κ3) is 4.25. The molecule has 1 heterocycles. The summed E-state index contributed by atoms with van der Waals surface area (Å²) in [6.07, 6.45) is 2.99. The van der Waals surface area contributed by atoms with E-state index in [4.69, 9.17) is 4.74 Å². The van der Waals surface area contributed by atoms with Crippen LogP contribution in [0.3, 0.4) is 0 Å². The fourth-order valence-electron chi connectivity index (χ4n) is 2.21. The summed E-state index contributed by atoms with van der Waals surface area (Å²) in [4.78, 5) is 21.0. The molecule has 21 heavy (non-hydrogen) atoms. The summed E-state index contributed by atoms with van der Waals surface area (Å²) in [5.74, 6) is 0.703. The first-order chi connectivity index (χ1) is 10.1. The maximum Gasteiger partial charge on any atom is 0.329 e. The highest BCUT2D eigenvalue weighted by molar-refractivity contribution is 5.59. The molecule has 0 aromatic carbocycles. The molecule has 0 bridgehead atoms. The Bertz CT molecular complexity index is 465. The minimum Gasteiger partial charge on any atom is -0.383 e. The molecule has 118 valence electrons. The number of anilines is 2. The molecule has 8 nitrogen and oxygen atoms in total. The van der Waals surface area contributed by atoms with Gasteiger partial charge in [0.15, 0.2) is 0 Å². The highest BCUT2D eigenvalue weighted by Gasteiger charge is 2.26. The van der Waals surface area contributed by atoms with Gasteiger partial charge in [0.05, 0.1) is 11.5 Å². The lowest BCUT2D eigenvalue weighted by Crippen LogP contribution is -2.38. The summed E-state index contributed by atoms with van der Waals surface area (Å²) in [5.41, 5.74) is -0.0861. The third-order valence-electron chi connectivity index (χ3n) is 3.36. The molecule has 0 radical (unpaired) electrons. The molecule has 1 aromatic rings. The van der Waals surface area contributed by atoms with Crippen LogP contribution >= 0.6 is 0 Å². The van der Waals surface area contributed by atoms with Crippen LogP contribution in [0.1, 0.15) is 26.7 Å². The number of rotatable bonds is 9. The number of nitro groups is 1. The van der Waals surface area contributed by atoms with E-state index < -0.39 is 4.92 Å². The standard InChI is InChI=1S/C13H23N5O3/c1-5-10(6-2)17(7-8-21-4)12-11(18(19)20)9-15-13(14-3)16-12/h9-10H,5-8H2,1-4H3,(H,14,15,16). The second-order valence-corrected chi connectivity index (χ2v) is 4.57. The quantitative estimate of drug-likeness (QED) is 0.550. The summed E-state index contributed by atoms with van der Waals surface area (Å²) in [5, 5.41) is 14.1. The molecule has 8 heteroatoms. The fourth-order valence-corrected chi connectivity index (χ4v) is 2.21. The van der Waals surface area contributed by atoms with Gasteiger partial charge >= 0.3 is 5.69 Å². The van der Waals surface area contributed by atoms with Crippen LogP contribution in [0.25, 0.3) is 0 Å². The molecular weight excluding hydrogens is 274 g/mol. The lowest BCUT2D eigenvalue weighted by atomic mass is 10.1. The Morgan fingerprint density at radius 1 is 1.48 bits per heavy atom. The van der Waals surface area contributed by atoms with Gasteiger partial charge < -0.3 is 15.0 Å². The Morgan fingerprint density at radius 2 is 2.14 bits per heavy atom. The monoisotopic (exact) mass is 297 g/mol. The van der Waals surface area contributed by atoms with Crippen molar-refractivity contribution in [3.8, 4) is 0 Å². The molecule has 0 spiro atoms. The second kappa shape index (κ2) is 8.35. The summed E-state index contributed by atoms with van der Waals surface area (Å²) >= 11 is 0. The first-order valence-electron chi connectivity index (χ1n) is 7.03. The number of nitrogens with zero attached hydrogens (tertiary/aromatic N) is 4. The highest BCUT2D eigenvalue weighted by Crippen LogP contribution is 2.29. The van der Waals surface area contributed by atoms with Gasteiger partial charge in [-0.1, -0.05) is 13.8 Å². The summed E-state index contributed by atoms with van der Waals surface area (Å²) < 4.78 is 5.12. The van der Waals surface area contributed by atoms with E-state index in [2.05, 4.69) is 29.1 Å². The Balaban J connectivity index is 3.28. The van der Waals surface area contributed by atoms with Crippen LogP contribution in [-0.2, 0) is 4.74 Å². The molecule has 0 aliphatic carbocycles. The molecule has 0 aliphatic heterocycles. The summed E-state index contributed by atoms with van der Waals surface area (Å²) in [7, 11) is 3.29. The molecule has 0 amide bonds. The number of ether oxygens (including phenoxy) is 1. The first-order valence-corrected chi connectivity index (χ1v) is 7.03. The maximum atomic E-state index is 11.2. The minimum absolute atomic E-state index is 0.0861. The number of aromatic nitrogens is 2. The van der Waals surface area contributed by atoms with Crippen molar-refractivity contribution in [2.24, 2.45) is 0 Å². The zero-order valence-electron chi connectivity index (χ0n) is 13.0. The van der Waals surface area contributed by atoms with E-state index in [1.807, 2.05) is 4.90 Å². The van der Waals surface area contributed by atoms with E-state index in [0.717, 1.165) is 12.8 Å². The zero-order valence-corrected chi connectivity index (χ0v) is 13.0. The second-order valence-electron chi connectivity index (χ2n) is 4.57. The lowest BCUT2D eigenvalue weighted by Gasteiger charge is -2.31. The molecule has 0 unspecified atom stereocenters. The number of hydrogen-bond donors (Lipinski definition) is 1. The molecule has 0 saturated carbocycles. The van der Waals surface area contributed by atoms with E-state index in [1.165, 1.54) is 6.20 Å². The zero-order chi connectivity index (χ0) is 15.8. The van der Waals surface area contributed by atoms with Gasteiger partial charge in [-0.05, 0) is 12.8 Å². The van der Waals surface area contributed by atoms with Crippen molar-refractivity contribution < 1.29 is 9.66 Å². The smallest absolute Gasteiger partial charge is 0.329 e. The minimum atomic E-state index is -0.447. The Morgan fingerprint density at radius 3 is 2.62 bits per heavy atom. The van der Waals surface area contributed by atoms with Crippen molar-refractivity contribution in [2.45, 2.75) is 32.7 Å². The van der Waals surface area contributed by atoms with Gasteiger partial charge in [-0.2, -0.15) is 4.98 Å². The molecule has 0 fully saturated rings. The van der Waals surface area contributed by atoms with Crippen LogP contribution in [0.5, 0.6) is 0 Å². The number of methoxy groups -OCH3 is 1. The van der Waals surface area contributed by atoms with Crippen LogP contribution in [0.4, 0.5) is 17.5 Å². The molecule has 0 aliphatic rings. The fraction of sp³-hybridized carbons (Fsp3) is 0.692. The van der Waals surface area contributed by atoms with Crippen molar-refractivity contribution in [2.75, 3.05) is 37.5 Å². The van der Waals surface area contributed by atoms with Gasteiger partial charge in [-0.3, -0.25) is 10.1 Å². The Hall–Kier alpha value is -1.96. The molecule has 1 N–H and O–H groups in total.